The van der Waals surface area contributed by atoms with Gasteiger partial charge < -0.3 is 85.6 Å². The number of carbonyl (C=O) groups excluding carboxylic acids is 14. The minimum Gasteiger partial charge on any atom is -0.508 e. The molecular weight excluding hydrogens is 1760 g/mol. The average molecular weight is 1890 g/mol. The van der Waals surface area contributed by atoms with Gasteiger partial charge in [0.15, 0.2) is 34.5 Å². The summed E-state index contributed by atoms with van der Waals surface area (Å²) in [6.45, 7) is 10.9. The van der Waals surface area contributed by atoms with E-state index in [9.17, 15) is 63.3 Å². The van der Waals surface area contributed by atoms with Crippen LogP contribution in [0.2, 0.25) is 0 Å². The summed E-state index contributed by atoms with van der Waals surface area (Å²) in [7, 11) is 4.20. The van der Waals surface area contributed by atoms with Crippen molar-refractivity contribution in [1.29, 1.82) is 0 Å². The number of aromatic amines is 1. The Balaban J connectivity index is 0.0000245. The highest BCUT2D eigenvalue weighted by Crippen LogP contribution is 2.39. The molecule has 134 heavy (non-hydrogen) atoms. The van der Waals surface area contributed by atoms with Gasteiger partial charge in [0, 0.05) is 97.5 Å². The number of H-pyrrole nitrogens is 1. The summed E-state index contributed by atoms with van der Waals surface area (Å²) in [6, 6.07) is 16.2. The normalized spacial score (nSPS) is 22.6. The number of fused-ring (bicyclic) bond motifs is 5. The van der Waals surface area contributed by atoms with Crippen molar-refractivity contribution in [3.63, 3.8) is 0 Å². The van der Waals surface area contributed by atoms with Crippen LogP contribution in [0.4, 0.5) is 0 Å². The fourth-order valence-electron chi connectivity index (χ4n) is 15.1. The zero-order valence-corrected chi connectivity index (χ0v) is 77.5. The van der Waals surface area contributed by atoms with Gasteiger partial charge in [0.2, 0.25) is 41.3 Å². The number of nitrogens with two attached hydrogens (primary N) is 2. The molecule has 2 aliphatic heterocycles. The standard InChI is InChI=1S/C98H119N9O24S2.CH4/c1-10-29-81(114)97(6,95(123)125-8)83-36-21-14-12-16-23-39-87-104-75(56-128-87)94(122)131-84(37-22-15-13-17-24-38-86-103-74(55-127-86)93(121)130-83)98(7,96(124)126-9)82(30-11-2)129-88(116)45-44-85(115)102-72(47-61-31-19-18-20-32-61)78(111)51-65-57-132-133-58-76(80(113)53-69(60(5)108)89(100)117)107-92(120)68(59(3)4)52-79(112)71(35-27-28-46-99)105-90(118)63(49-64-54-101-70-34-26-25-33-67(64)70)50-77(110)73(106-91(65)119)48-62-40-42-66(109)43-41-62;/h10-26,29-34,38-43,54-56,59-60,63,65,68-69,71-73,76,81-84,101,108-109,114H,27-28,35-37,44-53,57-58,99H2,1-9H3,(H2,100,117)(H,102,115)(H,105,118)(H,106,119)(H,107,120);1H4/b16-12+,17-13+,21-14-,22-15-,29-10+,30-11+,38-24+,39-23+;/t60?,63-,65-,68-,69+,71-,72+,73+,76-,81?,82?,83?,84?,97?,98?;/m0./s1. The predicted molar refractivity (Wildman–Crippen MR) is 505 cm³/mol. The number of esters is 5. The van der Waals surface area contributed by atoms with Gasteiger partial charge in [-0.2, -0.15) is 0 Å². The Labute approximate surface area is 786 Å². The van der Waals surface area contributed by atoms with Crippen LogP contribution in [0.15, 0.2) is 191 Å². The third-order valence-electron chi connectivity index (χ3n) is 23.2. The molecule has 5 amide bonds. The molecule has 0 aliphatic carbocycles. The van der Waals surface area contributed by atoms with Crippen molar-refractivity contribution in [2.45, 2.75) is 200 Å². The van der Waals surface area contributed by atoms with Crippen LogP contribution in [0.1, 0.15) is 176 Å². The van der Waals surface area contributed by atoms with Crippen molar-refractivity contribution in [3.05, 3.63) is 223 Å². The van der Waals surface area contributed by atoms with Crippen LogP contribution < -0.4 is 32.7 Å². The highest BCUT2D eigenvalue weighted by atomic mass is 33.1. The summed E-state index contributed by atoms with van der Waals surface area (Å²) >= 11 is 0. The third kappa shape index (κ3) is 31.5. The van der Waals surface area contributed by atoms with Crippen molar-refractivity contribution in [2.24, 2.45) is 51.9 Å². The molecule has 6 aromatic rings. The number of aromatic nitrogens is 3. The number of phenols is 1. The largest absolute Gasteiger partial charge is 0.508 e. The van der Waals surface area contributed by atoms with E-state index in [1.807, 2.05) is 24.3 Å². The number of ketones is 4. The van der Waals surface area contributed by atoms with E-state index < -0.39 is 216 Å². The first-order chi connectivity index (χ1) is 63.6. The van der Waals surface area contributed by atoms with E-state index in [0.717, 1.165) is 59.2 Å². The summed E-state index contributed by atoms with van der Waals surface area (Å²) in [5, 5.41) is 44.5. The summed E-state index contributed by atoms with van der Waals surface area (Å²) in [4.78, 5) is 216. The van der Waals surface area contributed by atoms with Crippen molar-refractivity contribution < 1.29 is 115 Å². The number of primary amides is 1. The number of cyclic esters (lactones) is 2. The number of rotatable bonds is 32. The molecule has 4 bridgehead atoms. The number of benzene rings is 3. The molecule has 33 nitrogen and oxygen atoms in total. The predicted octanol–water partition coefficient (Wildman–Crippen LogP) is 10.9. The van der Waals surface area contributed by atoms with Crippen LogP contribution >= 0.6 is 21.6 Å². The summed E-state index contributed by atoms with van der Waals surface area (Å²) in [5.41, 5.74) is 9.47. The summed E-state index contributed by atoms with van der Waals surface area (Å²) in [5.74, 6) is -18.2. The topological polar surface area (TPSA) is 514 Å². The van der Waals surface area contributed by atoms with Crippen LogP contribution in [-0.2, 0) is 100 Å². The van der Waals surface area contributed by atoms with Gasteiger partial charge in [-0.15, -0.1) is 0 Å². The van der Waals surface area contributed by atoms with Crippen LogP contribution in [0.25, 0.3) is 23.1 Å². The molecule has 0 saturated carbocycles. The number of nitrogens with zero attached hydrogens (tertiary/aromatic N) is 2. The summed E-state index contributed by atoms with van der Waals surface area (Å²) in [6.07, 6.45) is 17.0. The smallest absolute Gasteiger partial charge is 0.360 e. The lowest BCUT2D eigenvalue weighted by Crippen LogP contribution is -2.52. The Hall–Kier alpha value is -12.7. The van der Waals surface area contributed by atoms with Gasteiger partial charge in [0.05, 0.1) is 68.9 Å². The molecule has 1 saturated heterocycles. The second-order valence-corrected chi connectivity index (χ2v) is 35.7. The van der Waals surface area contributed by atoms with Crippen LogP contribution in [-0.4, -0.2) is 200 Å². The number of ether oxygens (including phenoxy) is 5. The first kappa shape index (κ1) is 108. The summed E-state index contributed by atoms with van der Waals surface area (Å²) < 4.78 is 39.7. The van der Waals surface area contributed by atoms with E-state index in [1.165, 1.54) is 93.7 Å². The van der Waals surface area contributed by atoms with Gasteiger partial charge in [-0.25, -0.2) is 19.6 Å². The monoisotopic (exact) mass is 1890 g/mol. The maximum absolute atomic E-state index is 15.6. The van der Waals surface area contributed by atoms with Crippen molar-refractivity contribution in [3.8, 4) is 5.75 Å². The molecule has 5 heterocycles. The molecule has 3 aromatic heterocycles. The maximum atomic E-state index is 15.6. The average Bonchev–Trinajstić information content (AvgIpc) is 1.34. The van der Waals surface area contributed by atoms with E-state index >= 15 is 19.2 Å². The van der Waals surface area contributed by atoms with Gasteiger partial charge >= 0.3 is 29.8 Å². The quantitative estimate of drug-likeness (QED) is 0.00616. The van der Waals surface area contributed by atoms with Crippen LogP contribution in [0.3, 0.4) is 0 Å². The molecule has 1 fully saturated rings. The highest BCUT2D eigenvalue weighted by molar-refractivity contribution is 8.76. The zero-order chi connectivity index (χ0) is 96.9. The van der Waals surface area contributed by atoms with Gasteiger partial charge in [0.1, 0.15) is 47.4 Å². The number of unbranched alkanes of at least 4 members (excludes halogenated alkanes) is 1. The number of allylic oxidation sites excluding steroid dienone is 10. The van der Waals surface area contributed by atoms with Gasteiger partial charge in [-0.1, -0.05) is 183 Å². The maximum Gasteiger partial charge on any atom is 0.360 e. The number of oxazole rings is 2. The van der Waals surface area contributed by atoms with Crippen LogP contribution in [0.5, 0.6) is 5.75 Å². The Morgan fingerprint density at radius 2 is 1.22 bits per heavy atom. The third-order valence-corrected chi connectivity index (χ3v) is 25.7. The molecule has 7 unspecified atom stereocenters. The number of carbonyl (C=O) groups is 14. The number of hydrogen-bond donors (Lipinski definition) is 10. The lowest BCUT2D eigenvalue weighted by Gasteiger charge is -2.38. The lowest BCUT2D eigenvalue weighted by atomic mass is 9.76. The number of phenolic OH excluding ortho intramolecular Hbond substituents is 1. The van der Waals surface area contributed by atoms with Gasteiger partial charge in [0.25, 0.3) is 0 Å². The van der Waals surface area contributed by atoms with E-state index in [0.29, 0.717) is 29.5 Å². The molecule has 12 N–H and O–H groups in total. The first-order valence-corrected chi connectivity index (χ1v) is 46.4. The number of aromatic hydroxyl groups is 1. The second-order valence-electron chi connectivity index (χ2n) is 33.2. The number of Topliss-reactive ketones (excluding diaryl/α,β-unsaturated/α-hetero) is 4. The SMILES string of the molecule is C.C/C=C/C(O)C(C)(C(=O)OC)C1C\C=C/C=C/C=C/c2nc(co2)C(=O)OC(C(C)(C(=O)OC)C(/C=C/C)OC(=O)CCC(=O)N[C@H](Cc2ccccc2)C(=O)C[C@H]2CSSC[C@@H](C(=O)C[C@@H](C(N)=O)C(C)O)NC(=O)[C@H](C(C)C)CC(=O)[C@H](CCCCN)NC(=O)[C@@H](Cc3c[nH]c4ccccc34)CC(=O)[C@@H](Cc3ccc(O)cc3)NC2=O)C\C=C/C=C/C=C/c2nc(co2)C(=O)O1. The van der Waals surface area contributed by atoms with Crippen molar-refractivity contribution >= 4 is 127 Å². The highest BCUT2D eigenvalue weighted by Gasteiger charge is 2.53. The number of amides is 5. The molecule has 2 aliphatic rings. The Morgan fingerprint density at radius 1 is 0.649 bits per heavy atom. The van der Waals surface area contributed by atoms with E-state index in [1.54, 1.807) is 113 Å². The Morgan fingerprint density at radius 3 is 1.81 bits per heavy atom. The molecule has 3 aromatic carbocycles. The zero-order valence-electron chi connectivity index (χ0n) is 75.9. The van der Waals surface area contributed by atoms with Gasteiger partial charge in [-0.05, 0) is 127 Å². The first-order valence-electron chi connectivity index (χ1n) is 43.9. The minimum absolute atomic E-state index is 0. The number of para-hydroxylation sites is 1. The van der Waals surface area contributed by atoms with Crippen molar-refractivity contribution in [1.82, 2.24) is 36.2 Å². The second kappa shape index (κ2) is 53.9. The van der Waals surface area contributed by atoms with E-state index in [-0.39, 0.29) is 92.9 Å². The molecule has 15 atom stereocenters. The molecular formula is C99H123N9O24S2. The molecule has 720 valence electrons. The molecule has 0 radical (unpaired) electrons. The number of nitrogens with one attached hydrogen (secondary N) is 5. The number of methoxy groups -OCH3 is 2. The lowest BCUT2D eigenvalue weighted by molar-refractivity contribution is -0.176. The molecule has 8 rings (SSSR count). The van der Waals surface area contributed by atoms with Gasteiger partial charge in [-0.3, -0.25) is 57.5 Å². The Bertz CT molecular complexity index is 5280. The number of aliphatic hydroxyl groups is 2. The van der Waals surface area contributed by atoms with E-state index in [4.69, 9.17) is 44.0 Å². The van der Waals surface area contributed by atoms with Crippen LogP contribution in [0, 0.1) is 40.4 Å². The number of aliphatic hydroxyl groups excluding tert-OH is 2. The fourth-order valence-corrected chi connectivity index (χ4v) is 17.7. The fraction of sp³-hybridized carbons (Fsp3) is 0.434. The van der Waals surface area contributed by atoms with E-state index in [2.05, 4.69) is 36.2 Å². The molecule has 0 spiro atoms. The Kier molecular flexibility index (Phi) is 43.5. The number of hydrogen-bond acceptors (Lipinski definition) is 29. The minimum atomic E-state index is -2.11. The van der Waals surface area contributed by atoms with Crippen molar-refractivity contribution in [2.75, 3.05) is 32.3 Å². The molecule has 35 heteroatoms.